The molecule has 7 heteroatoms. The number of nitrogens with one attached hydrogen (secondary N) is 1. The number of carbonyl (C=O) groups is 2. The van der Waals surface area contributed by atoms with Gasteiger partial charge in [-0.2, -0.15) is 0 Å². The second-order valence-electron chi connectivity index (χ2n) is 5.80. The minimum absolute atomic E-state index is 0.0309. The van der Waals surface area contributed by atoms with Crippen molar-refractivity contribution in [3.8, 4) is 17.2 Å². The van der Waals surface area contributed by atoms with Gasteiger partial charge in [-0.15, -0.1) is 0 Å². The van der Waals surface area contributed by atoms with Crippen molar-refractivity contribution in [1.82, 2.24) is 10.2 Å². The highest BCUT2D eigenvalue weighted by Crippen LogP contribution is 2.39. The number of ether oxygens (including phenoxy) is 3. The summed E-state index contributed by atoms with van der Waals surface area (Å²) in [5, 5.41) is 2.79. The van der Waals surface area contributed by atoms with E-state index in [4.69, 9.17) is 14.2 Å². The number of methoxy groups -OCH3 is 3. The second kappa shape index (κ2) is 9.76. The van der Waals surface area contributed by atoms with E-state index in [0.717, 1.165) is 0 Å². The van der Waals surface area contributed by atoms with E-state index < -0.39 is 0 Å². The Morgan fingerprint density at radius 1 is 1.08 bits per heavy atom. The highest BCUT2D eigenvalue weighted by atomic mass is 16.5. The Hall–Kier alpha value is -2.44. The van der Waals surface area contributed by atoms with Gasteiger partial charge >= 0.3 is 0 Å². The van der Waals surface area contributed by atoms with Crippen LogP contribution in [0.4, 0.5) is 0 Å². The number of rotatable bonds is 9. The Morgan fingerprint density at radius 3 is 2.20 bits per heavy atom. The fourth-order valence-electron chi connectivity index (χ4n) is 2.49. The van der Waals surface area contributed by atoms with Crippen LogP contribution >= 0.6 is 0 Å². The van der Waals surface area contributed by atoms with E-state index in [2.05, 4.69) is 5.32 Å². The Balaban J connectivity index is 2.96. The van der Waals surface area contributed by atoms with E-state index in [1.165, 1.54) is 26.2 Å². The summed E-state index contributed by atoms with van der Waals surface area (Å²) in [4.78, 5) is 26.0. The Kier molecular flexibility index (Phi) is 8.04. The lowest BCUT2D eigenvalue weighted by Crippen LogP contribution is -2.43. The number of hydrogen-bond acceptors (Lipinski definition) is 5. The van der Waals surface area contributed by atoms with Crippen LogP contribution in [0, 0.1) is 0 Å². The molecule has 1 rings (SSSR count). The minimum atomic E-state index is -0.176. The van der Waals surface area contributed by atoms with Gasteiger partial charge in [-0.1, -0.05) is 6.07 Å². The monoisotopic (exact) mass is 352 g/mol. The maximum Gasteiger partial charge on any atom is 0.239 e. The summed E-state index contributed by atoms with van der Waals surface area (Å²) in [6.07, 6.45) is 0.103. The molecule has 0 aliphatic carbocycles. The maximum atomic E-state index is 12.6. The molecule has 0 aliphatic heterocycles. The summed E-state index contributed by atoms with van der Waals surface area (Å²) in [6.45, 7) is 6.07. The van der Waals surface area contributed by atoms with Gasteiger partial charge in [0.15, 0.2) is 11.5 Å². The summed E-state index contributed by atoms with van der Waals surface area (Å²) >= 11 is 0. The third kappa shape index (κ3) is 5.55. The summed E-state index contributed by atoms with van der Waals surface area (Å²) in [5.74, 6) is 1.09. The lowest BCUT2D eigenvalue weighted by molar-refractivity contribution is -0.135. The molecule has 0 spiro atoms. The van der Waals surface area contributed by atoms with Gasteiger partial charge in [0.25, 0.3) is 0 Å². The molecular weight excluding hydrogens is 324 g/mol. The summed E-state index contributed by atoms with van der Waals surface area (Å²) in [6, 6.07) is 3.53. The number of likely N-dealkylation sites (N-methyl/N-ethyl adjacent to an activating group) is 1. The van der Waals surface area contributed by atoms with Crippen molar-refractivity contribution < 1.29 is 23.8 Å². The predicted octanol–water partition coefficient (Wildman–Crippen LogP) is 1.63. The van der Waals surface area contributed by atoms with Gasteiger partial charge in [-0.05, 0) is 26.8 Å². The van der Waals surface area contributed by atoms with Crippen LogP contribution in [-0.4, -0.2) is 57.2 Å². The van der Waals surface area contributed by atoms with Gasteiger partial charge in [0.2, 0.25) is 17.6 Å². The fraction of sp³-hybridized carbons (Fsp3) is 0.556. The Labute approximate surface area is 149 Å². The van der Waals surface area contributed by atoms with Crippen LogP contribution in [0.1, 0.15) is 26.3 Å². The first-order chi connectivity index (χ1) is 11.9. The first-order valence-electron chi connectivity index (χ1n) is 8.22. The molecule has 0 bridgehead atoms. The number of carbonyl (C=O) groups excluding carboxylic acids is 2. The summed E-state index contributed by atoms with van der Waals surface area (Å²) < 4.78 is 16.0. The van der Waals surface area contributed by atoms with Gasteiger partial charge < -0.3 is 24.4 Å². The SMILES string of the molecule is CCN(CC(=O)NC(C)C)C(=O)Cc1ccc(OC)c(OC)c1OC. The van der Waals surface area contributed by atoms with Crippen molar-refractivity contribution in [2.45, 2.75) is 33.2 Å². The van der Waals surface area contributed by atoms with Crippen molar-refractivity contribution in [2.75, 3.05) is 34.4 Å². The van der Waals surface area contributed by atoms with Crippen LogP contribution in [0.3, 0.4) is 0 Å². The number of benzene rings is 1. The van der Waals surface area contributed by atoms with E-state index in [1.54, 1.807) is 12.1 Å². The molecule has 0 fully saturated rings. The largest absolute Gasteiger partial charge is 0.493 e. The molecule has 140 valence electrons. The molecule has 0 heterocycles. The second-order valence-corrected chi connectivity index (χ2v) is 5.80. The zero-order valence-corrected chi connectivity index (χ0v) is 15.8. The van der Waals surface area contributed by atoms with Crippen LogP contribution in [0.5, 0.6) is 17.2 Å². The molecule has 0 radical (unpaired) electrons. The molecule has 0 aliphatic rings. The molecule has 2 amide bonds. The van der Waals surface area contributed by atoms with Crippen LogP contribution in [0.25, 0.3) is 0 Å². The van der Waals surface area contributed by atoms with Crippen molar-refractivity contribution in [3.05, 3.63) is 17.7 Å². The van der Waals surface area contributed by atoms with Crippen LogP contribution < -0.4 is 19.5 Å². The van der Waals surface area contributed by atoms with E-state index in [1.807, 2.05) is 20.8 Å². The third-order valence-corrected chi connectivity index (χ3v) is 3.65. The molecule has 0 saturated carbocycles. The predicted molar refractivity (Wildman–Crippen MR) is 95.3 cm³/mol. The Morgan fingerprint density at radius 2 is 1.72 bits per heavy atom. The molecule has 1 aromatic rings. The van der Waals surface area contributed by atoms with E-state index in [0.29, 0.717) is 29.4 Å². The average molecular weight is 352 g/mol. The van der Waals surface area contributed by atoms with Crippen molar-refractivity contribution in [3.63, 3.8) is 0 Å². The van der Waals surface area contributed by atoms with E-state index in [-0.39, 0.29) is 30.8 Å². The molecule has 0 aromatic heterocycles. The van der Waals surface area contributed by atoms with Crippen LogP contribution in [0.2, 0.25) is 0 Å². The quantitative estimate of drug-likeness (QED) is 0.731. The number of amides is 2. The maximum absolute atomic E-state index is 12.6. The summed E-state index contributed by atoms with van der Waals surface area (Å²) in [5.41, 5.74) is 0.674. The first kappa shape index (κ1) is 20.6. The Bertz CT molecular complexity index is 601. The fourth-order valence-corrected chi connectivity index (χ4v) is 2.49. The third-order valence-electron chi connectivity index (χ3n) is 3.65. The standard InChI is InChI=1S/C18H28N2O5/c1-7-20(11-15(21)19-12(2)3)16(22)10-13-8-9-14(23-4)18(25-6)17(13)24-5/h8-9,12H,7,10-11H2,1-6H3,(H,19,21). The normalized spacial score (nSPS) is 10.4. The van der Waals surface area contributed by atoms with Crippen molar-refractivity contribution in [1.29, 1.82) is 0 Å². The van der Waals surface area contributed by atoms with E-state index in [9.17, 15) is 9.59 Å². The average Bonchev–Trinajstić information content (AvgIpc) is 2.58. The molecule has 0 unspecified atom stereocenters. The number of nitrogens with zero attached hydrogens (tertiary/aromatic N) is 1. The van der Waals surface area contributed by atoms with Crippen molar-refractivity contribution in [2.24, 2.45) is 0 Å². The number of hydrogen-bond donors (Lipinski definition) is 1. The van der Waals surface area contributed by atoms with Crippen LogP contribution in [0.15, 0.2) is 12.1 Å². The van der Waals surface area contributed by atoms with Gasteiger partial charge in [0, 0.05) is 18.2 Å². The lowest BCUT2D eigenvalue weighted by atomic mass is 10.1. The molecule has 0 saturated heterocycles. The molecule has 1 N–H and O–H groups in total. The van der Waals surface area contributed by atoms with Gasteiger partial charge in [0.1, 0.15) is 0 Å². The minimum Gasteiger partial charge on any atom is -0.493 e. The van der Waals surface area contributed by atoms with Crippen LogP contribution in [-0.2, 0) is 16.0 Å². The van der Waals surface area contributed by atoms with Crippen molar-refractivity contribution >= 4 is 11.8 Å². The molecule has 25 heavy (non-hydrogen) atoms. The molecule has 0 atom stereocenters. The molecule has 7 nitrogen and oxygen atoms in total. The molecular formula is C18H28N2O5. The lowest BCUT2D eigenvalue weighted by Gasteiger charge is -2.22. The topological polar surface area (TPSA) is 77.1 Å². The van der Waals surface area contributed by atoms with Gasteiger partial charge in [-0.25, -0.2) is 0 Å². The van der Waals surface area contributed by atoms with Gasteiger partial charge in [-0.3, -0.25) is 9.59 Å². The molecule has 1 aromatic carbocycles. The smallest absolute Gasteiger partial charge is 0.239 e. The van der Waals surface area contributed by atoms with Gasteiger partial charge in [0.05, 0.1) is 34.3 Å². The highest BCUT2D eigenvalue weighted by molar-refractivity contribution is 5.86. The first-order valence-corrected chi connectivity index (χ1v) is 8.22. The highest BCUT2D eigenvalue weighted by Gasteiger charge is 2.21. The zero-order valence-electron chi connectivity index (χ0n) is 15.8. The zero-order chi connectivity index (χ0) is 19.0. The van der Waals surface area contributed by atoms with E-state index >= 15 is 0 Å². The summed E-state index contributed by atoms with van der Waals surface area (Å²) in [7, 11) is 4.56.